The van der Waals surface area contributed by atoms with Crippen molar-refractivity contribution in [2.75, 3.05) is 12.4 Å². The van der Waals surface area contributed by atoms with Gasteiger partial charge in [0.1, 0.15) is 11.6 Å². The Kier molecular flexibility index (Phi) is 3.97. The summed E-state index contributed by atoms with van der Waals surface area (Å²) in [6.45, 7) is 6.90. The largest absolute Gasteiger partial charge is 0.494 e. The fourth-order valence-electron chi connectivity index (χ4n) is 1.83. The Morgan fingerprint density at radius 2 is 2.10 bits per heavy atom. The van der Waals surface area contributed by atoms with Crippen molar-refractivity contribution in [2.24, 2.45) is 0 Å². The first-order valence-electron chi connectivity index (χ1n) is 6.51. The highest BCUT2D eigenvalue weighted by molar-refractivity contribution is 5.56. The number of methoxy groups -OCH3 is 1. The van der Waals surface area contributed by atoms with Gasteiger partial charge >= 0.3 is 0 Å². The lowest BCUT2D eigenvalue weighted by Crippen LogP contribution is -2.21. The zero-order valence-electron chi connectivity index (χ0n) is 12.3. The molecule has 0 spiro atoms. The molecule has 0 aliphatic heterocycles. The molecule has 0 atom stereocenters. The van der Waals surface area contributed by atoms with Crippen molar-refractivity contribution < 1.29 is 9.13 Å². The molecular weight excluding hydrogens is 257 g/mol. The van der Waals surface area contributed by atoms with Gasteiger partial charge in [0.15, 0.2) is 0 Å². The van der Waals surface area contributed by atoms with Crippen LogP contribution in [-0.4, -0.2) is 16.9 Å². The van der Waals surface area contributed by atoms with Gasteiger partial charge in [0.25, 0.3) is 0 Å². The third-order valence-electron chi connectivity index (χ3n) is 2.97. The molecule has 2 rings (SSSR count). The average Bonchev–Trinajstić information content (AvgIpc) is 2.86. The molecule has 0 unspecified atom stereocenters. The molecule has 0 saturated carbocycles. The molecule has 5 heteroatoms. The van der Waals surface area contributed by atoms with Crippen molar-refractivity contribution in [2.45, 2.75) is 32.9 Å². The zero-order valence-corrected chi connectivity index (χ0v) is 12.3. The average molecular weight is 277 g/mol. The van der Waals surface area contributed by atoms with Crippen molar-refractivity contribution in [1.29, 1.82) is 0 Å². The number of hydrogen-bond donors (Lipinski definition) is 1. The summed E-state index contributed by atoms with van der Waals surface area (Å²) in [5, 5.41) is 7.57. The highest BCUT2D eigenvalue weighted by atomic mass is 19.1. The SMILES string of the molecule is COc1cc(F)ccc1NCc1cnn(C(C)(C)C)c1. The van der Waals surface area contributed by atoms with Crippen LogP contribution >= 0.6 is 0 Å². The summed E-state index contributed by atoms with van der Waals surface area (Å²) in [4.78, 5) is 0. The number of anilines is 1. The van der Waals surface area contributed by atoms with Crippen LogP contribution in [0.2, 0.25) is 0 Å². The molecule has 0 aliphatic carbocycles. The number of benzene rings is 1. The highest BCUT2D eigenvalue weighted by Crippen LogP contribution is 2.25. The topological polar surface area (TPSA) is 39.1 Å². The summed E-state index contributed by atoms with van der Waals surface area (Å²) in [6.07, 6.45) is 3.83. The lowest BCUT2D eigenvalue weighted by Gasteiger charge is -2.18. The molecule has 1 N–H and O–H groups in total. The zero-order chi connectivity index (χ0) is 14.8. The quantitative estimate of drug-likeness (QED) is 0.931. The van der Waals surface area contributed by atoms with Crippen LogP contribution in [0.5, 0.6) is 5.75 Å². The molecule has 108 valence electrons. The number of ether oxygens (including phenoxy) is 1. The Morgan fingerprint density at radius 3 is 2.70 bits per heavy atom. The number of hydrogen-bond acceptors (Lipinski definition) is 3. The molecule has 2 aromatic rings. The minimum Gasteiger partial charge on any atom is -0.494 e. The first-order chi connectivity index (χ1) is 9.40. The van der Waals surface area contributed by atoms with E-state index in [1.54, 1.807) is 6.07 Å². The van der Waals surface area contributed by atoms with Gasteiger partial charge in [-0.15, -0.1) is 0 Å². The van der Waals surface area contributed by atoms with Crippen LogP contribution in [0.3, 0.4) is 0 Å². The number of nitrogens with one attached hydrogen (secondary N) is 1. The Balaban J connectivity index is 2.07. The minimum atomic E-state index is -0.312. The number of aromatic nitrogens is 2. The molecule has 1 heterocycles. The van der Waals surface area contributed by atoms with Crippen molar-refractivity contribution in [1.82, 2.24) is 9.78 Å². The second-order valence-electron chi connectivity index (χ2n) is 5.66. The minimum absolute atomic E-state index is 0.0359. The van der Waals surface area contributed by atoms with E-state index in [-0.39, 0.29) is 11.4 Å². The van der Waals surface area contributed by atoms with E-state index in [0.29, 0.717) is 12.3 Å². The molecule has 0 radical (unpaired) electrons. The molecule has 1 aromatic carbocycles. The molecule has 0 bridgehead atoms. The Morgan fingerprint density at radius 1 is 1.35 bits per heavy atom. The standard InChI is InChI=1S/C15H20FN3O/c1-15(2,3)19-10-11(9-18-19)8-17-13-6-5-12(16)7-14(13)20-4/h5-7,9-10,17H,8H2,1-4H3. The molecule has 0 saturated heterocycles. The van der Waals surface area contributed by atoms with E-state index >= 15 is 0 Å². The van der Waals surface area contributed by atoms with Gasteiger partial charge in [0.2, 0.25) is 0 Å². The van der Waals surface area contributed by atoms with E-state index in [1.165, 1.54) is 19.2 Å². The number of halogens is 1. The summed E-state index contributed by atoms with van der Waals surface area (Å²) < 4.78 is 20.2. The monoisotopic (exact) mass is 277 g/mol. The van der Waals surface area contributed by atoms with Crippen LogP contribution in [0.1, 0.15) is 26.3 Å². The van der Waals surface area contributed by atoms with E-state index in [9.17, 15) is 4.39 Å². The Bertz CT molecular complexity index is 587. The summed E-state index contributed by atoms with van der Waals surface area (Å²) in [6, 6.07) is 4.44. The van der Waals surface area contributed by atoms with Crippen LogP contribution in [0.15, 0.2) is 30.6 Å². The van der Waals surface area contributed by atoms with Crippen molar-refractivity contribution in [3.63, 3.8) is 0 Å². The van der Waals surface area contributed by atoms with E-state index in [1.807, 2.05) is 17.1 Å². The third kappa shape index (κ3) is 3.29. The summed E-state index contributed by atoms with van der Waals surface area (Å²) in [5.74, 6) is 0.182. The molecule has 4 nitrogen and oxygen atoms in total. The maximum absolute atomic E-state index is 13.1. The van der Waals surface area contributed by atoms with Crippen LogP contribution in [-0.2, 0) is 12.1 Å². The fraction of sp³-hybridized carbons (Fsp3) is 0.400. The third-order valence-corrected chi connectivity index (χ3v) is 2.97. The number of rotatable bonds is 4. The van der Waals surface area contributed by atoms with Crippen LogP contribution in [0, 0.1) is 5.82 Å². The molecule has 1 aromatic heterocycles. The van der Waals surface area contributed by atoms with E-state index in [4.69, 9.17) is 4.74 Å². The summed E-state index contributed by atoms with van der Waals surface area (Å²) in [7, 11) is 1.53. The van der Waals surface area contributed by atoms with Gasteiger partial charge in [-0.2, -0.15) is 5.10 Å². The maximum atomic E-state index is 13.1. The second-order valence-corrected chi connectivity index (χ2v) is 5.66. The van der Waals surface area contributed by atoms with Gasteiger partial charge in [0.05, 0.1) is 24.5 Å². The van der Waals surface area contributed by atoms with Crippen LogP contribution < -0.4 is 10.1 Å². The van der Waals surface area contributed by atoms with Crippen LogP contribution in [0.25, 0.3) is 0 Å². The second kappa shape index (κ2) is 5.53. The van der Waals surface area contributed by atoms with E-state index in [2.05, 4.69) is 31.2 Å². The molecule has 0 amide bonds. The molecule has 0 fully saturated rings. The van der Waals surface area contributed by atoms with Gasteiger partial charge < -0.3 is 10.1 Å². The van der Waals surface area contributed by atoms with E-state index < -0.39 is 0 Å². The molecular formula is C15H20FN3O. The van der Waals surface area contributed by atoms with Gasteiger partial charge in [0, 0.05) is 24.4 Å². The van der Waals surface area contributed by atoms with Crippen LogP contribution in [0.4, 0.5) is 10.1 Å². The lowest BCUT2D eigenvalue weighted by molar-refractivity contribution is 0.355. The van der Waals surface area contributed by atoms with Crippen molar-refractivity contribution in [3.8, 4) is 5.75 Å². The van der Waals surface area contributed by atoms with Gasteiger partial charge in [-0.05, 0) is 32.9 Å². The summed E-state index contributed by atoms with van der Waals surface area (Å²) in [5.41, 5.74) is 1.79. The molecule has 20 heavy (non-hydrogen) atoms. The Labute approximate surface area is 118 Å². The normalized spacial score (nSPS) is 11.4. The highest BCUT2D eigenvalue weighted by Gasteiger charge is 2.14. The fourth-order valence-corrected chi connectivity index (χ4v) is 1.83. The first-order valence-corrected chi connectivity index (χ1v) is 6.51. The van der Waals surface area contributed by atoms with Gasteiger partial charge in [-0.25, -0.2) is 4.39 Å². The number of nitrogens with zero attached hydrogens (tertiary/aromatic N) is 2. The Hall–Kier alpha value is -2.04. The predicted octanol–water partition coefficient (Wildman–Crippen LogP) is 3.40. The van der Waals surface area contributed by atoms with Gasteiger partial charge in [-0.3, -0.25) is 4.68 Å². The van der Waals surface area contributed by atoms with E-state index in [0.717, 1.165) is 11.3 Å². The van der Waals surface area contributed by atoms with Gasteiger partial charge in [-0.1, -0.05) is 0 Å². The molecule has 0 aliphatic rings. The lowest BCUT2D eigenvalue weighted by atomic mass is 10.1. The maximum Gasteiger partial charge on any atom is 0.144 e. The van der Waals surface area contributed by atoms with Crippen molar-refractivity contribution >= 4 is 5.69 Å². The van der Waals surface area contributed by atoms with Crippen molar-refractivity contribution in [3.05, 3.63) is 42.0 Å². The summed E-state index contributed by atoms with van der Waals surface area (Å²) >= 11 is 0. The first kappa shape index (κ1) is 14.4. The predicted molar refractivity (Wildman–Crippen MR) is 77.5 cm³/mol. The smallest absolute Gasteiger partial charge is 0.144 e.